The minimum absolute atomic E-state index is 0.121. The molecule has 0 aromatic heterocycles. The summed E-state index contributed by atoms with van der Waals surface area (Å²) in [7, 11) is 0. The van der Waals surface area contributed by atoms with Gasteiger partial charge in [-0.25, -0.2) is 0 Å². The van der Waals surface area contributed by atoms with Gasteiger partial charge in [0, 0.05) is 36.7 Å². The predicted molar refractivity (Wildman–Crippen MR) is 140 cm³/mol. The van der Waals surface area contributed by atoms with Crippen molar-refractivity contribution in [1.29, 1.82) is 0 Å². The average Bonchev–Trinajstić information content (AvgIpc) is 2.81. The van der Waals surface area contributed by atoms with Crippen LogP contribution in [0.15, 0.2) is 40.9 Å². The second-order valence-corrected chi connectivity index (χ2v) is 10.6. The molecule has 3 atom stereocenters. The number of aryl methyl sites for hydroxylation is 1. The Morgan fingerprint density at radius 1 is 1.00 bits per heavy atom. The molecule has 1 saturated carbocycles. The molecule has 0 amide bonds. The molecule has 1 aliphatic carbocycles. The maximum absolute atomic E-state index is 11.8. The van der Waals surface area contributed by atoms with E-state index in [0.717, 1.165) is 47.0 Å². The molecule has 2 aromatic rings. The Bertz CT molecular complexity index is 1060. The van der Waals surface area contributed by atoms with E-state index in [-0.39, 0.29) is 43.0 Å². The second kappa shape index (κ2) is 12.2. The minimum atomic E-state index is -0.373. The van der Waals surface area contributed by atoms with Gasteiger partial charge < -0.3 is 18.9 Å². The van der Waals surface area contributed by atoms with Gasteiger partial charge in [0.2, 0.25) is 0 Å². The van der Waals surface area contributed by atoms with E-state index in [0.29, 0.717) is 12.8 Å². The zero-order chi connectivity index (χ0) is 25.7. The van der Waals surface area contributed by atoms with Gasteiger partial charge in [-0.15, -0.1) is 0 Å². The monoisotopic (exact) mass is 558 g/mol. The van der Waals surface area contributed by atoms with E-state index in [1.54, 1.807) is 0 Å². The molecule has 2 aromatic carbocycles. The van der Waals surface area contributed by atoms with E-state index < -0.39 is 0 Å². The van der Waals surface area contributed by atoms with Gasteiger partial charge in [-0.2, -0.15) is 0 Å². The molecular formula is C29H35BrO6. The van der Waals surface area contributed by atoms with Crippen LogP contribution in [0.2, 0.25) is 0 Å². The summed E-state index contributed by atoms with van der Waals surface area (Å²) >= 11 is 3.77. The van der Waals surface area contributed by atoms with Gasteiger partial charge in [0.25, 0.3) is 0 Å². The molecule has 1 aliphatic heterocycles. The molecule has 2 aliphatic rings. The summed E-state index contributed by atoms with van der Waals surface area (Å²) in [5.41, 5.74) is 4.61. The third-order valence-corrected chi connectivity index (χ3v) is 7.60. The van der Waals surface area contributed by atoms with E-state index in [2.05, 4.69) is 53.2 Å². The third-order valence-electron chi connectivity index (χ3n) is 6.86. The molecule has 1 heterocycles. The lowest BCUT2D eigenvalue weighted by Gasteiger charge is -2.36. The van der Waals surface area contributed by atoms with Gasteiger partial charge in [-0.1, -0.05) is 47.1 Å². The highest BCUT2D eigenvalue weighted by molar-refractivity contribution is 9.10. The van der Waals surface area contributed by atoms with Crippen molar-refractivity contribution in [3.05, 3.63) is 63.1 Å². The van der Waals surface area contributed by atoms with Crippen LogP contribution in [0.25, 0.3) is 0 Å². The quantitative estimate of drug-likeness (QED) is 0.339. The summed E-state index contributed by atoms with van der Waals surface area (Å²) in [4.78, 5) is 23.2. The SMILES string of the molecule is CCc1ccc(Cc2cc(C3CC(OC(C)=O)CC(COC(C)=O)O3)c(OC3CCC3)cc2Br)cc1. The van der Waals surface area contributed by atoms with Crippen molar-refractivity contribution in [3.8, 4) is 5.75 Å². The highest BCUT2D eigenvalue weighted by Gasteiger charge is 2.35. The Balaban J connectivity index is 1.64. The Labute approximate surface area is 221 Å². The van der Waals surface area contributed by atoms with Crippen molar-refractivity contribution in [2.75, 3.05) is 6.61 Å². The number of carbonyl (C=O) groups is 2. The van der Waals surface area contributed by atoms with Crippen molar-refractivity contribution in [2.45, 2.75) is 90.1 Å². The largest absolute Gasteiger partial charge is 0.490 e. The second-order valence-electron chi connectivity index (χ2n) is 9.75. The Morgan fingerprint density at radius 3 is 2.33 bits per heavy atom. The van der Waals surface area contributed by atoms with E-state index in [4.69, 9.17) is 18.9 Å². The standard InChI is InChI=1S/C29H35BrO6/c1-4-20-8-10-21(11-9-20)12-22-13-26(29(16-27(22)30)35-23-6-5-7-23)28-15-24(34-19(3)32)14-25(36-28)17-33-18(2)31/h8-11,13,16,23-25,28H,4-7,12,14-15,17H2,1-3H3. The van der Waals surface area contributed by atoms with Crippen LogP contribution in [0.1, 0.15) is 81.2 Å². The fourth-order valence-corrected chi connectivity index (χ4v) is 5.17. The molecule has 1 saturated heterocycles. The van der Waals surface area contributed by atoms with Gasteiger partial charge in [0.15, 0.2) is 0 Å². The van der Waals surface area contributed by atoms with Crippen LogP contribution in [0.3, 0.4) is 0 Å². The molecule has 0 bridgehead atoms. The molecule has 3 unspecified atom stereocenters. The first-order chi connectivity index (χ1) is 17.3. The number of hydrogen-bond acceptors (Lipinski definition) is 6. The lowest BCUT2D eigenvalue weighted by molar-refractivity contribution is -0.169. The Kier molecular flexibility index (Phi) is 9.07. The van der Waals surface area contributed by atoms with Gasteiger partial charge >= 0.3 is 11.9 Å². The molecule has 4 rings (SSSR count). The molecule has 6 nitrogen and oxygen atoms in total. The van der Waals surface area contributed by atoms with Crippen molar-refractivity contribution >= 4 is 27.9 Å². The lowest BCUT2D eigenvalue weighted by atomic mass is 9.92. The first kappa shape index (κ1) is 26.7. The number of benzene rings is 2. The van der Waals surface area contributed by atoms with Crippen LogP contribution in [0.5, 0.6) is 5.75 Å². The van der Waals surface area contributed by atoms with Crippen LogP contribution in [-0.4, -0.2) is 36.9 Å². The van der Waals surface area contributed by atoms with Crippen LogP contribution < -0.4 is 4.74 Å². The van der Waals surface area contributed by atoms with E-state index in [1.807, 2.05) is 6.07 Å². The fraction of sp³-hybridized carbons (Fsp3) is 0.517. The molecule has 0 N–H and O–H groups in total. The van der Waals surface area contributed by atoms with Crippen molar-refractivity contribution < 1.29 is 28.5 Å². The summed E-state index contributed by atoms with van der Waals surface area (Å²) in [5.74, 6) is 0.0972. The number of ether oxygens (including phenoxy) is 4. The maximum Gasteiger partial charge on any atom is 0.302 e. The van der Waals surface area contributed by atoms with Crippen LogP contribution in [0.4, 0.5) is 0 Å². The summed E-state index contributed by atoms with van der Waals surface area (Å²) in [6.45, 7) is 5.07. The van der Waals surface area contributed by atoms with Crippen molar-refractivity contribution in [2.24, 2.45) is 0 Å². The molecule has 0 radical (unpaired) electrons. The zero-order valence-corrected chi connectivity index (χ0v) is 22.8. The normalized spacial score (nSPS) is 21.9. The zero-order valence-electron chi connectivity index (χ0n) is 21.3. The van der Waals surface area contributed by atoms with Crippen LogP contribution in [0, 0.1) is 0 Å². The smallest absolute Gasteiger partial charge is 0.302 e. The minimum Gasteiger partial charge on any atom is -0.490 e. The van der Waals surface area contributed by atoms with Crippen molar-refractivity contribution in [3.63, 3.8) is 0 Å². The van der Waals surface area contributed by atoms with E-state index in [9.17, 15) is 9.59 Å². The van der Waals surface area contributed by atoms with E-state index in [1.165, 1.54) is 31.4 Å². The Hall–Kier alpha value is -2.38. The highest BCUT2D eigenvalue weighted by Crippen LogP contribution is 2.42. The number of carbonyl (C=O) groups excluding carboxylic acids is 2. The van der Waals surface area contributed by atoms with Crippen LogP contribution >= 0.6 is 15.9 Å². The molecular weight excluding hydrogens is 524 g/mol. The molecule has 194 valence electrons. The van der Waals surface area contributed by atoms with Crippen molar-refractivity contribution in [1.82, 2.24) is 0 Å². The number of halogens is 1. The number of rotatable bonds is 9. The van der Waals surface area contributed by atoms with Gasteiger partial charge in [0.05, 0.1) is 18.3 Å². The summed E-state index contributed by atoms with van der Waals surface area (Å²) in [6.07, 6.45) is 5.18. The van der Waals surface area contributed by atoms with Gasteiger partial charge in [-0.3, -0.25) is 9.59 Å². The average molecular weight is 559 g/mol. The maximum atomic E-state index is 11.8. The predicted octanol–water partition coefficient (Wildman–Crippen LogP) is 6.25. The topological polar surface area (TPSA) is 71.1 Å². The Morgan fingerprint density at radius 2 is 1.72 bits per heavy atom. The molecule has 0 spiro atoms. The molecule has 7 heteroatoms. The van der Waals surface area contributed by atoms with E-state index >= 15 is 0 Å². The molecule has 36 heavy (non-hydrogen) atoms. The molecule has 2 fully saturated rings. The third kappa shape index (κ3) is 7.10. The van der Waals surface area contributed by atoms with Gasteiger partial charge in [0.1, 0.15) is 18.5 Å². The highest BCUT2D eigenvalue weighted by atomic mass is 79.9. The van der Waals surface area contributed by atoms with Crippen LogP contribution in [-0.2, 0) is 36.6 Å². The van der Waals surface area contributed by atoms with Gasteiger partial charge in [-0.05, 0) is 60.9 Å². The first-order valence-electron chi connectivity index (χ1n) is 12.8. The summed E-state index contributed by atoms with van der Waals surface area (Å²) in [6, 6.07) is 12.9. The fourth-order valence-electron chi connectivity index (χ4n) is 4.71. The lowest BCUT2D eigenvalue weighted by Crippen LogP contribution is -2.37. The summed E-state index contributed by atoms with van der Waals surface area (Å²) < 4.78 is 24.6. The number of hydrogen-bond donors (Lipinski definition) is 0. The summed E-state index contributed by atoms with van der Waals surface area (Å²) in [5, 5.41) is 0. The number of esters is 2. The first-order valence-corrected chi connectivity index (χ1v) is 13.6.